The number of carbonyl (C=O) groups excluding carboxylic acids is 1. The van der Waals surface area contributed by atoms with Gasteiger partial charge in [-0.15, -0.1) is 0 Å². The molecular formula is C20H31NO3. The van der Waals surface area contributed by atoms with Crippen LogP contribution < -0.4 is 10.5 Å². The second kappa shape index (κ2) is 8.52. The molecule has 4 nitrogen and oxygen atoms in total. The summed E-state index contributed by atoms with van der Waals surface area (Å²) in [6.45, 7) is 8.28. The highest BCUT2D eigenvalue weighted by atomic mass is 16.7. The van der Waals surface area contributed by atoms with Crippen molar-refractivity contribution in [3.05, 3.63) is 29.3 Å². The Morgan fingerprint density at radius 2 is 1.96 bits per heavy atom. The fourth-order valence-electron chi connectivity index (χ4n) is 2.89. The smallest absolute Gasteiger partial charge is 0.325 e. The summed E-state index contributed by atoms with van der Waals surface area (Å²) in [4.78, 5) is 11.9. The SMILES string of the molecule is CC(C)C[C@H](N)C(=O)OCOc1c(CC2CC2)cccc1C(C)C. The zero-order chi connectivity index (χ0) is 17.7. The van der Waals surface area contributed by atoms with Crippen LogP contribution in [0.4, 0.5) is 0 Å². The second-order valence-electron chi connectivity index (χ2n) is 7.60. The van der Waals surface area contributed by atoms with Crippen LogP contribution in [0.15, 0.2) is 18.2 Å². The normalized spacial score (nSPS) is 15.6. The van der Waals surface area contributed by atoms with Crippen molar-refractivity contribution in [2.45, 2.75) is 65.3 Å². The maximum Gasteiger partial charge on any atom is 0.325 e. The van der Waals surface area contributed by atoms with E-state index in [9.17, 15) is 4.79 Å². The van der Waals surface area contributed by atoms with Crippen molar-refractivity contribution in [2.75, 3.05) is 6.79 Å². The highest BCUT2D eigenvalue weighted by molar-refractivity contribution is 5.75. The first-order valence-corrected chi connectivity index (χ1v) is 9.05. The lowest BCUT2D eigenvalue weighted by atomic mass is 9.97. The van der Waals surface area contributed by atoms with Crippen LogP contribution in [0.1, 0.15) is 64.0 Å². The molecule has 2 N–H and O–H groups in total. The van der Waals surface area contributed by atoms with Crippen LogP contribution >= 0.6 is 0 Å². The lowest BCUT2D eigenvalue weighted by Gasteiger charge is -2.19. The zero-order valence-electron chi connectivity index (χ0n) is 15.4. The lowest BCUT2D eigenvalue weighted by Crippen LogP contribution is -2.34. The van der Waals surface area contributed by atoms with Crippen LogP contribution in [0, 0.1) is 11.8 Å². The van der Waals surface area contributed by atoms with Crippen LogP contribution in [0.25, 0.3) is 0 Å². The largest absolute Gasteiger partial charge is 0.457 e. The second-order valence-corrected chi connectivity index (χ2v) is 7.60. The van der Waals surface area contributed by atoms with E-state index in [4.69, 9.17) is 15.2 Å². The van der Waals surface area contributed by atoms with Crippen LogP contribution in [0.5, 0.6) is 5.75 Å². The minimum atomic E-state index is -0.583. The molecule has 1 saturated carbocycles. The van der Waals surface area contributed by atoms with Crippen molar-refractivity contribution >= 4 is 5.97 Å². The van der Waals surface area contributed by atoms with Gasteiger partial charge in [-0.25, -0.2) is 0 Å². The number of ether oxygens (including phenoxy) is 2. The Balaban J connectivity index is 1.98. The molecular weight excluding hydrogens is 302 g/mol. The quantitative estimate of drug-likeness (QED) is 0.548. The van der Waals surface area contributed by atoms with Crippen molar-refractivity contribution in [3.8, 4) is 5.75 Å². The molecule has 0 heterocycles. The van der Waals surface area contributed by atoms with Crippen LogP contribution in [0.2, 0.25) is 0 Å². The summed E-state index contributed by atoms with van der Waals surface area (Å²) < 4.78 is 11.1. The molecule has 0 bridgehead atoms. The third kappa shape index (κ3) is 5.52. The lowest BCUT2D eigenvalue weighted by molar-refractivity contribution is -0.152. The van der Waals surface area contributed by atoms with E-state index in [0.29, 0.717) is 18.3 Å². The fraction of sp³-hybridized carbons (Fsp3) is 0.650. The number of carbonyl (C=O) groups is 1. The van der Waals surface area contributed by atoms with Crippen molar-refractivity contribution in [3.63, 3.8) is 0 Å². The minimum absolute atomic E-state index is 0.0774. The van der Waals surface area contributed by atoms with E-state index in [-0.39, 0.29) is 6.79 Å². The average Bonchev–Trinajstić information content (AvgIpc) is 3.31. The first-order valence-electron chi connectivity index (χ1n) is 9.05. The fourth-order valence-corrected chi connectivity index (χ4v) is 2.89. The van der Waals surface area contributed by atoms with Crippen molar-refractivity contribution in [1.82, 2.24) is 0 Å². The number of nitrogens with two attached hydrogens (primary N) is 1. The Hall–Kier alpha value is -1.55. The average molecular weight is 333 g/mol. The molecule has 1 aliphatic carbocycles. The van der Waals surface area contributed by atoms with Crippen LogP contribution in [-0.4, -0.2) is 18.8 Å². The van der Waals surface area contributed by atoms with E-state index in [1.54, 1.807) is 0 Å². The van der Waals surface area contributed by atoms with Gasteiger partial charge in [-0.2, -0.15) is 0 Å². The summed E-state index contributed by atoms with van der Waals surface area (Å²) in [7, 11) is 0. The van der Waals surface area contributed by atoms with Gasteiger partial charge in [0.1, 0.15) is 11.8 Å². The van der Waals surface area contributed by atoms with E-state index in [2.05, 4.69) is 32.0 Å². The maximum atomic E-state index is 11.9. The van der Waals surface area contributed by atoms with Gasteiger partial charge >= 0.3 is 5.97 Å². The van der Waals surface area contributed by atoms with E-state index < -0.39 is 12.0 Å². The summed E-state index contributed by atoms with van der Waals surface area (Å²) in [5, 5.41) is 0. The molecule has 134 valence electrons. The predicted molar refractivity (Wildman–Crippen MR) is 96.0 cm³/mol. The standard InChI is InChI=1S/C20H31NO3/c1-13(2)10-18(21)20(22)24-12-23-19-16(11-15-8-9-15)6-5-7-17(19)14(3)4/h5-7,13-15,18H,8-12,21H2,1-4H3/t18-/m0/s1. The van der Waals surface area contributed by atoms with Gasteiger partial charge in [0.25, 0.3) is 0 Å². The topological polar surface area (TPSA) is 61.6 Å². The Morgan fingerprint density at radius 1 is 1.25 bits per heavy atom. The first kappa shape index (κ1) is 18.8. The Kier molecular flexibility index (Phi) is 6.67. The molecule has 1 atom stereocenters. The van der Waals surface area contributed by atoms with Gasteiger partial charge in [0.2, 0.25) is 6.79 Å². The molecule has 24 heavy (non-hydrogen) atoms. The number of benzene rings is 1. The van der Waals surface area contributed by atoms with Crippen molar-refractivity contribution < 1.29 is 14.3 Å². The molecule has 0 spiro atoms. The molecule has 1 aromatic carbocycles. The highest BCUT2D eigenvalue weighted by Crippen LogP contribution is 2.38. The molecule has 1 aromatic rings. The Labute approximate surface area is 145 Å². The maximum absolute atomic E-state index is 11.9. The van der Waals surface area contributed by atoms with Gasteiger partial charge in [-0.1, -0.05) is 45.9 Å². The van der Waals surface area contributed by atoms with Gasteiger partial charge in [-0.05, 0) is 54.6 Å². The number of esters is 1. The zero-order valence-corrected chi connectivity index (χ0v) is 15.4. The molecule has 4 heteroatoms. The van der Waals surface area contributed by atoms with Crippen LogP contribution in [-0.2, 0) is 16.0 Å². The minimum Gasteiger partial charge on any atom is -0.457 e. The summed E-state index contributed by atoms with van der Waals surface area (Å²) in [5.74, 6) is 1.98. The molecule has 1 aliphatic rings. The van der Waals surface area contributed by atoms with E-state index in [1.807, 2.05) is 13.8 Å². The van der Waals surface area contributed by atoms with Crippen LogP contribution in [0.3, 0.4) is 0 Å². The van der Waals surface area contributed by atoms with Gasteiger partial charge in [0.05, 0.1) is 0 Å². The van der Waals surface area contributed by atoms with E-state index in [1.165, 1.54) is 18.4 Å². The molecule has 0 saturated heterocycles. The number of hydrogen-bond donors (Lipinski definition) is 1. The van der Waals surface area contributed by atoms with Gasteiger partial charge < -0.3 is 15.2 Å². The number of para-hydroxylation sites is 1. The first-order chi connectivity index (χ1) is 11.4. The number of rotatable bonds is 9. The third-order valence-electron chi connectivity index (χ3n) is 4.39. The highest BCUT2D eigenvalue weighted by Gasteiger charge is 2.24. The van der Waals surface area contributed by atoms with Gasteiger partial charge in [0, 0.05) is 0 Å². The summed E-state index contributed by atoms with van der Waals surface area (Å²) in [6.07, 6.45) is 4.25. The molecule has 0 aliphatic heterocycles. The summed E-state index contributed by atoms with van der Waals surface area (Å²) in [5.41, 5.74) is 8.23. The molecule has 0 radical (unpaired) electrons. The Bertz CT molecular complexity index is 550. The molecule has 2 rings (SSSR count). The molecule has 0 unspecified atom stereocenters. The molecule has 1 fully saturated rings. The predicted octanol–water partition coefficient (Wildman–Crippen LogP) is 4.02. The van der Waals surface area contributed by atoms with E-state index in [0.717, 1.165) is 23.7 Å². The molecule has 0 aromatic heterocycles. The monoisotopic (exact) mass is 333 g/mol. The summed E-state index contributed by atoms with van der Waals surface area (Å²) >= 11 is 0. The number of hydrogen-bond acceptors (Lipinski definition) is 4. The summed E-state index contributed by atoms with van der Waals surface area (Å²) in [6, 6.07) is 5.71. The Morgan fingerprint density at radius 3 is 2.54 bits per heavy atom. The van der Waals surface area contributed by atoms with Crippen molar-refractivity contribution in [1.29, 1.82) is 0 Å². The van der Waals surface area contributed by atoms with Gasteiger partial charge in [0.15, 0.2) is 0 Å². The van der Waals surface area contributed by atoms with Gasteiger partial charge in [-0.3, -0.25) is 4.79 Å². The van der Waals surface area contributed by atoms with E-state index >= 15 is 0 Å². The van der Waals surface area contributed by atoms with Crippen molar-refractivity contribution in [2.24, 2.45) is 17.6 Å². The third-order valence-corrected chi connectivity index (χ3v) is 4.39. The molecule has 0 amide bonds.